The van der Waals surface area contributed by atoms with E-state index in [0.717, 1.165) is 48.2 Å². The van der Waals surface area contributed by atoms with Crippen molar-refractivity contribution in [3.8, 4) is 5.75 Å². The van der Waals surface area contributed by atoms with E-state index in [0.29, 0.717) is 11.8 Å². The summed E-state index contributed by atoms with van der Waals surface area (Å²) in [6.45, 7) is 3.07. The van der Waals surface area contributed by atoms with E-state index in [2.05, 4.69) is 28.9 Å². The number of carbonyl (C=O) groups is 1. The van der Waals surface area contributed by atoms with Gasteiger partial charge < -0.3 is 19.2 Å². The SMILES string of the molecule is COC(=O)[C@]12C[C@H]3C[C@@H]4[C@H](C)OC3N(CCc3c1[nH]c1ccc(OC)cc31)[C@@H]42. The third kappa shape index (κ3) is 1.83. The predicted molar refractivity (Wildman–Crippen MR) is 103 cm³/mol. The molecule has 6 nitrogen and oxygen atoms in total. The van der Waals surface area contributed by atoms with Gasteiger partial charge >= 0.3 is 5.97 Å². The number of ether oxygens (including phenoxy) is 3. The first-order valence-electron chi connectivity index (χ1n) is 10.3. The fourth-order valence-corrected chi connectivity index (χ4v) is 6.84. The molecule has 6 aliphatic rings. The molecule has 6 heteroatoms. The lowest BCUT2D eigenvalue weighted by Crippen LogP contribution is -2.76. The normalized spacial score (nSPS) is 40.2. The van der Waals surface area contributed by atoms with Crippen molar-refractivity contribution in [3.05, 3.63) is 29.5 Å². The monoisotopic (exact) mass is 382 g/mol. The van der Waals surface area contributed by atoms with Gasteiger partial charge in [-0.2, -0.15) is 0 Å². The minimum atomic E-state index is -0.644. The summed E-state index contributed by atoms with van der Waals surface area (Å²) in [6.07, 6.45) is 3.15. The molecule has 0 spiro atoms. The number of carbonyl (C=O) groups excluding carboxylic acids is 1. The Balaban J connectivity index is 1.63. The highest BCUT2D eigenvalue weighted by Crippen LogP contribution is 2.60. The largest absolute Gasteiger partial charge is 0.497 e. The molecule has 1 aliphatic carbocycles. The molecule has 1 N–H and O–H groups in total. The lowest BCUT2D eigenvalue weighted by atomic mass is 9.54. The van der Waals surface area contributed by atoms with Crippen molar-refractivity contribution >= 4 is 16.9 Å². The first-order valence-corrected chi connectivity index (χ1v) is 10.3. The Kier molecular flexibility index (Phi) is 3.32. The summed E-state index contributed by atoms with van der Waals surface area (Å²) >= 11 is 0. The van der Waals surface area contributed by atoms with Crippen molar-refractivity contribution in [2.24, 2.45) is 11.8 Å². The number of piperidine rings is 2. The van der Waals surface area contributed by atoms with Gasteiger partial charge in [0.15, 0.2) is 0 Å². The zero-order chi connectivity index (χ0) is 19.2. The third-order valence-electron chi connectivity index (χ3n) is 7.84. The maximum atomic E-state index is 13.5. The van der Waals surface area contributed by atoms with Gasteiger partial charge in [-0.25, -0.2) is 0 Å². The zero-order valence-electron chi connectivity index (χ0n) is 16.5. The molecule has 0 amide bonds. The molecule has 4 saturated heterocycles. The second-order valence-electron chi connectivity index (χ2n) is 8.88. The molecule has 0 radical (unpaired) electrons. The van der Waals surface area contributed by atoms with Crippen LogP contribution in [0.3, 0.4) is 0 Å². The highest BCUT2D eigenvalue weighted by atomic mass is 16.5. The molecule has 2 unspecified atom stereocenters. The fraction of sp³-hybridized carbons (Fsp3) is 0.591. The quantitative estimate of drug-likeness (QED) is 0.809. The van der Waals surface area contributed by atoms with Crippen molar-refractivity contribution in [2.45, 2.75) is 50.0 Å². The molecule has 148 valence electrons. The number of esters is 1. The van der Waals surface area contributed by atoms with Gasteiger partial charge in [-0.05, 0) is 49.9 Å². The van der Waals surface area contributed by atoms with Crippen LogP contribution in [0.2, 0.25) is 0 Å². The average molecular weight is 382 g/mol. The van der Waals surface area contributed by atoms with E-state index >= 15 is 0 Å². The summed E-state index contributed by atoms with van der Waals surface area (Å²) in [5, 5.41) is 1.16. The van der Waals surface area contributed by atoms with Crippen LogP contribution in [0.4, 0.5) is 0 Å². The predicted octanol–water partition coefficient (Wildman–Crippen LogP) is 2.60. The number of nitrogens with zero attached hydrogens (tertiary/aromatic N) is 1. The van der Waals surface area contributed by atoms with E-state index in [4.69, 9.17) is 14.2 Å². The van der Waals surface area contributed by atoms with Gasteiger partial charge in [0.25, 0.3) is 0 Å². The molecular weight excluding hydrogens is 356 g/mol. The molecule has 1 saturated carbocycles. The number of H-pyrrole nitrogens is 1. The van der Waals surface area contributed by atoms with E-state index in [1.807, 2.05) is 6.07 Å². The number of benzene rings is 1. The summed E-state index contributed by atoms with van der Waals surface area (Å²) in [4.78, 5) is 19.6. The molecule has 5 aliphatic heterocycles. The Morgan fingerprint density at radius 3 is 3.00 bits per heavy atom. The van der Waals surface area contributed by atoms with Crippen molar-refractivity contribution in [1.29, 1.82) is 0 Å². The Morgan fingerprint density at radius 1 is 1.36 bits per heavy atom. The summed E-state index contributed by atoms with van der Waals surface area (Å²) in [5.74, 6) is 1.46. The number of rotatable bonds is 2. The van der Waals surface area contributed by atoms with Gasteiger partial charge in [0.1, 0.15) is 17.4 Å². The van der Waals surface area contributed by atoms with E-state index in [9.17, 15) is 4.79 Å². The molecule has 28 heavy (non-hydrogen) atoms. The Hall–Kier alpha value is -2.05. The number of aromatic amines is 1. The van der Waals surface area contributed by atoms with Gasteiger partial charge in [0.2, 0.25) is 0 Å². The van der Waals surface area contributed by atoms with Gasteiger partial charge in [0.05, 0.1) is 20.3 Å². The third-order valence-corrected chi connectivity index (χ3v) is 7.84. The summed E-state index contributed by atoms with van der Waals surface area (Å²) in [6, 6.07) is 6.26. The highest BCUT2D eigenvalue weighted by Gasteiger charge is 2.69. The lowest BCUT2D eigenvalue weighted by molar-refractivity contribution is -0.290. The number of fused-ring (bicyclic) bond motifs is 4. The topological polar surface area (TPSA) is 63.8 Å². The van der Waals surface area contributed by atoms with Gasteiger partial charge in [-0.3, -0.25) is 9.69 Å². The summed E-state index contributed by atoms with van der Waals surface area (Å²) in [7, 11) is 3.22. The van der Waals surface area contributed by atoms with Crippen molar-refractivity contribution in [2.75, 3.05) is 20.8 Å². The van der Waals surface area contributed by atoms with Gasteiger partial charge in [-0.15, -0.1) is 0 Å². The minimum Gasteiger partial charge on any atom is -0.497 e. The number of hydrogen-bond acceptors (Lipinski definition) is 5. The van der Waals surface area contributed by atoms with E-state index in [-0.39, 0.29) is 24.3 Å². The molecule has 7 atom stereocenters. The van der Waals surface area contributed by atoms with Crippen LogP contribution in [-0.2, 0) is 26.1 Å². The zero-order valence-corrected chi connectivity index (χ0v) is 16.5. The minimum absolute atomic E-state index is 0.105. The molecular formula is C22H26N2O4. The van der Waals surface area contributed by atoms with Crippen molar-refractivity contribution in [3.63, 3.8) is 0 Å². The van der Waals surface area contributed by atoms with Crippen molar-refractivity contribution in [1.82, 2.24) is 9.88 Å². The van der Waals surface area contributed by atoms with E-state index in [1.54, 1.807) is 7.11 Å². The molecule has 1 aromatic heterocycles. The second kappa shape index (κ2) is 5.51. The van der Waals surface area contributed by atoms with Crippen LogP contribution in [0.5, 0.6) is 5.75 Å². The molecule has 8 rings (SSSR count). The molecule has 6 bridgehead atoms. The van der Waals surface area contributed by atoms with Crippen LogP contribution in [0.1, 0.15) is 31.0 Å². The smallest absolute Gasteiger partial charge is 0.319 e. The fourth-order valence-electron chi connectivity index (χ4n) is 6.84. The number of nitrogens with one attached hydrogen (secondary N) is 1. The second-order valence-corrected chi connectivity index (χ2v) is 8.88. The lowest BCUT2D eigenvalue weighted by Gasteiger charge is -2.66. The number of methoxy groups -OCH3 is 2. The van der Waals surface area contributed by atoms with Crippen LogP contribution in [0.25, 0.3) is 10.9 Å². The van der Waals surface area contributed by atoms with Crippen molar-refractivity contribution < 1.29 is 19.0 Å². The summed E-state index contributed by atoms with van der Waals surface area (Å²) in [5.41, 5.74) is 2.73. The van der Waals surface area contributed by atoms with E-state index in [1.165, 1.54) is 12.7 Å². The maximum absolute atomic E-state index is 13.5. The molecule has 5 fully saturated rings. The highest BCUT2D eigenvalue weighted by molar-refractivity contribution is 5.92. The maximum Gasteiger partial charge on any atom is 0.319 e. The van der Waals surface area contributed by atoms with Gasteiger partial charge in [0, 0.05) is 41.0 Å². The standard InChI is InChI=1S/C22H26N2O4/c1-11-15-8-12-10-22(21(25)27-3)18-14(6-7-24(19(15)22)20(12)28-11)16-9-13(26-2)4-5-17(16)23-18/h4-5,9,11-12,15,19-20,23H,6-8,10H2,1-3H3/t11-,12+,15+,19-,20?,22+/m0/s1. The molecule has 2 aromatic rings. The van der Waals surface area contributed by atoms with Crippen LogP contribution in [-0.4, -0.2) is 55.0 Å². The van der Waals surface area contributed by atoms with Gasteiger partial charge in [-0.1, -0.05) is 0 Å². The first-order chi connectivity index (χ1) is 13.6. The van der Waals surface area contributed by atoms with Crippen LogP contribution in [0.15, 0.2) is 18.2 Å². The molecule has 6 heterocycles. The van der Waals surface area contributed by atoms with Crippen LogP contribution >= 0.6 is 0 Å². The number of hydrogen-bond donors (Lipinski definition) is 1. The van der Waals surface area contributed by atoms with Crippen LogP contribution < -0.4 is 4.74 Å². The van der Waals surface area contributed by atoms with Crippen LogP contribution in [0, 0.1) is 11.8 Å². The Morgan fingerprint density at radius 2 is 2.21 bits per heavy atom. The average Bonchev–Trinajstić information content (AvgIpc) is 3.04. The number of aromatic nitrogens is 1. The first kappa shape index (κ1) is 16.9. The molecule has 1 aromatic carbocycles. The summed E-state index contributed by atoms with van der Waals surface area (Å²) < 4.78 is 17.3. The Labute approximate surface area is 164 Å². The van der Waals surface area contributed by atoms with E-state index < -0.39 is 5.41 Å². The Bertz CT molecular complexity index is 984.